The number of nitrogens with zero attached hydrogens (tertiary/aromatic N) is 2. The second-order valence-electron chi connectivity index (χ2n) is 6.44. The number of carbonyl (C=O) groups is 1. The van der Waals surface area contributed by atoms with E-state index in [0.29, 0.717) is 6.42 Å². The van der Waals surface area contributed by atoms with E-state index in [9.17, 15) is 4.79 Å². The highest BCUT2D eigenvalue weighted by Crippen LogP contribution is 2.40. The molecule has 2 aliphatic heterocycles. The Morgan fingerprint density at radius 1 is 1.19 bits per heavy atom. The van der Waals surface area contributed by atoms with E-state index in [2.05, 4.69) is 5.16 Å². The molecule has 0 aromatic heterocycles. The van der Waals surface area contributed by atoms with Gasteiger partial charge in [-0.3, -0.25) is 4.79 Å². The summed E-state index contributed by atoms with van der Waals surface area (Å²) in [7, 11) is 0. The molecule has 4 nitrogen and oxygen atoms in total. The maximum absolute atomic E-state index is 12.4. The van der Waals surface area contributed by atoms with Crippen molar-refractivity contribution in [3.8, 4) is 0 Å². The van der Waals surface area contributed by atoms with Crippen LogP contribution in [-0.2, 0) is 9.63 Å². The average Bonchev–Trinajstić information content (AvgIpc) is 3.06. The van der Waals surface area contributed by atoms with Crippen LogP contribution in [-0.4, -0.2) is 35.7 Å². The van der Waals surface area contributed by atoms with Crippen molar-refractivity contribution in [1.82, 2.24) is 4.90 Å². The van der Waals surface area contributed by atoms with E-state index in [1.807, 2.05) is 35.2 Å². The molecule has 3 aliphatic rings. The normalized spacial score (nSPS) is 30.4. The molecule has 21 heavy (non-hydrogen) atoms. The van der Waals surface area contributed by atoms with E-state index in [-0.39, 0.29) is 12.0 Å². The Bertz CT molecular complexity index is 557. The molecule has 4 rings (SSSR count). The number of hydrogen-bond donors (Lipinski definition) is 0. The van der Waals surface area contributed by atoms with Crippen molar-refractivity contribution in [2.24, 2.45) is 17.0 Å². The molecule has 0 N–H and O–H groups in total. The summed E-state index contributed by atoms with van der Waals surface area (Å²) in [5.74, 6) is 1.78. The Hall–Kier alpha value is -1.84. The van der Waals surface area contributed by atoms with E-state index < -0.39 is 0 Å². The number of amides is 1. The summed E-state index contributed by atoms with van der Waals surface area (Å²) in [6.45, 7) is 1.92. The molecular formula is C17H20N2O2. The van der Waals surface area contributed by atoms with E-state index >= 15 is 0 Å². The Morgan fingerprint density at radius 2 is 1.90 bits per heavy atom. The maximum atomic E-state index is 12.4. The number of benzene rings is 1. The lowest BCUT2D eigenvalue weighted by atomic mass is 9.77. The molecule has 0 spiro atoms. The Labute approximate surface area is 124 Å². The molecule has 0 radical (unpaired) electrons. The van der Waals surface area contributed by atoms with E-state index in [1.165, 1.54) is 12.8 Å². The molecule has 1 unspecified atom stereocenters. The fourth-order valence-corrected chi connectivity index (χ4v) is 3.63. The zero-order valence-electron chi connectivity index (χ0n) is 12.1. The summed E-state index contributed by atoms with van der Waals surface area (Å²) < 4.78 is 0. The second-order valence-corrected chi connectivity index (χ2v) is 6.44. The molecule has 1 aromatic carbocycles. The number of likely N-dealkylation sites (tertiary alicyclic amines) is 1. The minimum atomic E-state index is -0.0917. The largest absolute Gasteiger partial charge is 0.391 e. The summed E-state index contributed by atoms with van der Waals surface area (Å²) in [5.41, 5.74) is 2.04. The lowest BCUT2D eigenvalue weighted by Gasteiger charge is -2.27. The van der Waals surface area contributed by atoms with Crippen LogP contribution in [0.5, 0.6) is 0 Å². The molecular weight excluding hydrogens is 264 g/mol. The van der Waals surface area contributed by atoms with Crippen LogP contribution in [0.2, 0.25) is 0 Å². The van der Waals surface area contributed by atoms with Crippen molar-refractivity contribution in [3.63, 3.8) is 0 Å². The minimum absolute atomic E-state index is 0.0917. The van der Waals surface area contributed by atoms with Gasteiger partial charge in [0.2, 0.25) is 5.91 Å². The molecule has 1 aliphatic carbocycles. The lowest BCUT2D eigenvalue weighted by molar-refractivity contribution is -0.132. The van der Waals surface area contributed by atoms with E-state index in [4.69, 9.17) is 4.84 Å². The maximum Gasteiger partial charge on any atom is 0.226 e. The minimum Gasteiger partial charge on any atom is -0.391 e. The third-order valence-electron chi connectivity index (χ3n) is 5.08. The fraction of sp³-hybridized carbons (Fsp3) is 0.529. The molecule has 1 amide bonds. The number of carbonyl (C=O) groups excluding carboxylic acids is 1. The van der Waals surface area contributed by atoms with Gasteiger partial charge in [-0.05, 0) is 30.2 Å². The van der Waals surface area contributed by atoms with Crippen LogP contribution in [0.4, 0.5) is 0 Å². The summed E-state index contributed by atoms with van der Waals surface area (Å²) in [5, 5.41) is 4.16. The van der Waals surface area contributed by atoms with Gasteiger partial charge in [-0.15, -0.1) is 0 Å². The van der Waals surface area contributed by atoms with Gasteiger partial charge in [-0.25, -0.2) is 0 Å². The van der Waals surface area contributed by atoms with Crippen LogP contribution in [0.3, 0.4) is 0 Å². The zero-order valence-corrected chi connectivity index (χ0v) is 12.1. The molecule has 110 valence electrons. The first kappa shape index (κ1) is 12.9. The van der Waals surface area contributed by atoms with Gasteiger partial charge in [0.1, 0.15) is 6.10 Å². The molecule has 1 saturated heterocycles. The Kier molecular flexibility index (Phi) is 3.17. The van der Waals surface area contributed by atoms with Gasteiger partial charge in [0.25, 0.3) is 0 Å². The summed E-state index contributed by atoms with van der Waals surface area (Å²) >= 11 is 0. The van der Waals surface area contributed by atoms with Gasteiger partial charge >= 0.3 is 0 Å². The molecule has 2 fully saturated rings. The topological polar surface area (TPSA) is 41.9 Å². The Morgan fingerprint density at radius 3 is 2.57 bits per heavy atom. The number of fused-ring (bicyclic) bond motifs is 1. The quantitative estimate of drug-likeness (QED) is 0.855. The van der Waals surface area contributed by atoms with Crippen molar-refractivity contribution in [1.29, 1.82) is 0 Å². The van der Waals surface area contributed by atoms with Gasteiger partial charge in [0, 0.05) is 19.5 Å². The third kappa shape index (κ3) is 2.43. The second kappa shape index (κ2) is 5.17. The smallest absolute Gasteiger partial charge is 0.226 e. The predicted molar refractivity (Wildman–Crippen MR) is 79.9 cm³/mol. The first-order valence-corrected chi connectivity index (χ1v) is 7.85. The number of oxime groups is 1. The van der Waals surface area contributed by atoms with Crippen molar-refractivity contribution in [2.75, 3.05) is 13.1 Å². The van der Waals surface area contributed by atoms with Crippen LogP contribution in [0.25, 0.3) is 0 Å². The molecule has 1 aromatic rings. The van der Waals surface area contributed by atoms with Crippen LogP contribution in [0.15, 0.2) is 35.5 Å². The van der Waals surface area contributed by atoms with Gasteiger partial charge in [-0.1, -0.05) is 35.5 Å². The summed E-state index contributed by atoms with van der Waals surface area (Å²) in [6, 6.07) is 10.0. The number of rotatable bonds is 3. The van der Waals surface area contributed by atoms with Crippen LogP contribution in [0, 0.1) is 11.8 Å². The van der Waals surface area contributed by atoms with Crippen LogP contribution >= 0.6 is 0 Å². The van der Waals surface area contributed by atoms with Crippen LogP contribution < -0.4 is 0 Å². The van der Waals surface area contributed by atoms with Crippen molar-refractivity contribution >= 4 is 11.6 Å². The van der Waals surface area contributed by atoms with Gasteiger partial charge < -0.3 is 9.74 Å². The molecule has 3 atom stereocenters. The highest BCUT2D eigenvalue weighted by molar-refractivity contribution is 6.01. The molecule has 0 bridgehead atoms. The SMILES string of the molecule is O=C(CC1CC(c2ccccc2)=NO1)N1C[C@H]2CC[C@H]2C1. The standard InChI is InChI=1S/C17H20N2O2/c20-17(19-10-13-6-7-14(13)11-19)9-15-8-16(18-21-15)12-4-2-1-3-5-12/h1-5,13-15H,6-11H2/t13-,14+,15?. The third-order valence-corrected chi connectivity index (χ3v) is 5.08. The Balaban J connectivity index is 1.32. The molecule has 2 heterocycles. The zero-order chi connectivity index (χ0) is 14.2. The number of hydrogen-bond acceptors (Lipinski definition) is 3. The van der Waals surface area contributed by atoms with E-state index in [1.54, 1.807) is 0 Å². The van der Waals surface area contributed by atoms with E-state index in [0.717, 1.165) is 42.6 Å². The van der Waals surface area contributed by atoms with Crippen molar-refractivity contribution < 1.29 is 9.63 Å². The molecule has 4 heteroatoms. The molecule has 1 saturated carbocycles. The fourth-order valence-electron chi connectivity index (χ4n) is 3.63. The first-order chi connectivity index (χ1) is 10.3. The monoisotopic (exact) mass is 284 g/mol. The highest BCUT2D eigenvalue weighted by atomic mass is 16.6. The van der Waals surface area contributed by atoms with Gasteiger partial charge in [-0.2, -0.15) is 0 Å². The summed E-state index contributed by atoms with van der Waals surface area (Å²) in [4.78, 5) is 19.9. The van der Waals surface area contributed by atoms with Crippen LogP contribution in [0.1, 0.15) is 31.2 Å². The lowest BCUT2D eigenvalue weighted by Crippen LogP contribution is -2.31. The van der Waals surface area contributed by atoms with Gasteiger partial charge in [0.15, 0.2) is 0 Å². The highest BCUT2D eigenvalue weighted by Gasteiger charge is 2.41. The van der Waals surface area contributed by atoms with Crippen molar-refractivity contribution in [3.05, 3.63) is 35.9 Å². The van der Waals surface area contributed by atoms with Crippen molar-refractivity contribution in [2.45, 2.75) is 31.8 Å². The average molecular weight is 284 g/mol. The predicted octanol–water partition coefficient (Wildman–Crippen LogP) is 2.44. The first-order valence-electron chi connectivity index (χ1n) is 7.85. The summed E-state index contributed by atoms with van der Waals surface area (Å²) in [6.07, 6.45) is 3.70. The van der Waals surface area contributed by atoms with Gasteiger partial charge in [0.05, 0.1) is 12.1 Å².